The summed E-state index contributed by atoms with van der Waals surface area (Å²) in [6.45, 7) is 2.06. The first-order chi connectivity index (χ1) is 9.58. The summed E-state index contributed by atoms with van der Waals surface area (Å²) in [6, 6.07) is 6.08. The number of benzene rings is 1. The molecule has 3 nitrogen and oxygen atoms in total. The molecule has 0 saturated carbocycles. The van der Waals surface area contributed by atoms with E-state index in [0.717, 1.165) is 10.1 Å². The minimum absolute atomic E-state index is 0.290. The molecular weight excluding hydrogens is 297 g/mol. The summed E-state index contributed by atoms with van der Waals surface area (Å²) in [6.07, 6.45) is 3.20. The Morgan fingerprint density at radius 3 is 2.80 bits per heavy atom. The topological polar surface area (TPSA) is 42.1 Å². The second-order valence-corrected chi connectivity index (χ2v) is 5.60. The third-order valence-electron chi connectivity index (χ3n) is 2.42. The van der Waals surface area contributed by atoms with Crippen molar-refractivity contribution in [1.82, 2.24) is 4.98 Å². The molecule has 0 saturated heterocycles. The van der Waals surface area contributed by atoms with Crippen LogP contribution in [0.1, 0.15) is 12.5 Å². The lowest BCUT2D eigenvalue weighted by Crippen LogP contribution is -2.23. The van der Waals surface area contributed by atoms with Gasteiger partial charge in [-0.25, -0.2) is 9.18 Å². The SMILES string of the molecule is CCOC(=O)/C=c1\[nH]c(=S)s\c1=C/c1ccc(F)cc1. The van der Waals surface area contributed by atoms with E-state index >= 15 is 0 Å². The average molecular weight is 309 g/mol. The monoisotopic (exact) mass is 309 g/mol. The van der Waals surface area contributed by atoms with E-state index in [1.54, 1.807) is 19.1 Å². The maximum absolute atomic E-state index is 12.9. The van der Waals surface area contributed by atoms with E-state index in [1.807, 2.05) is 6.08 Å². The van der Waals surface area contributed by atoms with Gasteiger partial charge in [0.05, 0.1) is 16.5 Å². The van der Waals surface area contributed by atoms with Gasteiger partial charge in [0.25, 0.3) is 0 Å². The number of hydrogen-bond donors (Lipinski definition) is 1. The molecule has 0 aliphatic heterocycles. The van der Waals surface area contributed by atoms with Gasteiger partial charge in [0, 0.05) is 6.08 Å². The summed E-state index contributed by atoms with van der Waals surface area (Å²) < 4.78 is 19.1. The number of esters is 1. The highest BCUT2D eigenvalue weighted by molar-refractivity contribution is 7.73. The molecular formula is C14H12FNO2S2. The first-order valence-corrected chi connectivity index (χ1v) is 7.16. The van der Waals surface area contributed by atoms with Crippen molar-refractivity contribution < 1.29 is 13.9 Å². The second kappa shape index (κ2) is 6.58. The maximum Gasteiger partial charge on any atom is 0.332 e. The van der Waals surface area contributed by atoms with E-state index in [2.05, 4.69) is 4.98 Å². The van der Waals surface area contributed by atoms with Gasteiger partial charge in [0.2, 0.25) is 0 Å². The average Bonchev–Trinajstić information content (AvgIpc) is 2.72. The van der Waals surface area contributed by atoms with Crippen LogP contribution >= 0.6 is 23.6 Å². The largest absolute Gasteiger partial charge is 0.463 e. The molecule has 104 valence electrons. The number of thiazole rings is 1. The molecule has 0 radical (unpaired) electrons. The number of rotatable bonds is 3. The predicted molar refractivity (Wildman–Crippen MR) is 79.8 cm³/mol. The van der Waals surface area contributed by atoms with E-state index in [-0.39, 0.29) is 5.82 Å². The van der Waals surface area contributed by atoms with E-state index in [1.165, 1.54) is 29.5 Å². The highest BCUT2D eigenvalue weighted by Crippen LogP contribution is 2.03. The number of halogens is 1. The van der Waals surface area contributed by atoms with Crippen LogP contribution in [0.15, 0.2) is 24.3 Å². The minimum Gasteiger partial charge on any atom is -0.463 e. The Labute approximate surface area is 124 Å². The Hall–Kier alpha value is -1.79. The van der Waals surface area contributed by atoms with Crippen molar-refractivity contribution in [1.29, 1.82) is 0 Å². The Morgan fingerprint density at radius 2 is 2.15 bits per heavy atom. The van der Waals surface area contributed by atoms with Crippen molar-refractivity contribution in [2.45, 2.75) is 6.92 Å². The van der Waals surface area contributed by atoms with Crippen LogP contribution in [0.25, 0.3) is 12.2 Å². The second-order valence-electron chi connectivity index (χ2n) is 3.88. The smallest absolute Gasteiger partial charge is 0.332 e. The van der Waals surface area contributed by atoms with E-state index in [4.69, 9.17) is 17.0 Å². The van der Waals surface area contributed by atoms with E-state index in [0.29, 0.717) is 15.9 Å². The van der Waals surface area contributed by atoms with Crippen LogP contribution in [0.3, 0.4) is 0 Å². The number of aromatic amines is 1. The van der Waals surface area contributed by atoms with Crippen molar-refractivity contribution in [3.05, 3.63) is 49.5 Å². The molecule has 0 atom stereocenters. The van der Waals surface area contributed by atoms with E-state index in [9.17, 15) is 9.18 Å². The zero-order valence-electron chi connectivity index (χ0n) is 10.7. The fraction of sp³-hybridized carbons (Fsp3) is 0.143. The number of ether oxygens (including phenoxy) is 1. The number of hydrogen-bond acceptors (Lipinski definition) is 4. The molecule has 0 amide bonds. The molecule has 0 bridgehead atoms. The molecule has 1 aromatic heterocycles. The predicted octanol–water partition coefficient (Wildman–Crippen LogP) is 2.12. The lowest BCUT2D eigenvalue weighted by atomic mass is 10.2. The Kier molecular flexibility index (Phi) is 4.81. The maximum atomic E-state index is 12.9. The summed E-state index contributed by atoms with van der Waals surface area (Å²) in [5, 5.41) is 0.600. The number of carbonyl (C=O) groups is 1. The zero-order chi connectivity index (χ0) is 14.5. The van der Waals surface area contributed by atoms with Crippen LogP contribution < -0.4 is 9.88 Å². The zero-order valence-corrected chi connectivity index (χ0v) is 12.3. The summed E-state index contributed by atoms with van der Waals surface area (Å²) in [7, 11) is 0. The first kappa shape index (κ1) is 14.6. The lowest BCUT2D eigenvalue weighted by molar-refractivity contribution is -0.135. The Balaban J connectivity index is 2.49. The fourth-order valence-corrected chi connectivity index (χ4v) is 2.73. The molecule has 20 heavy (non-hydrogen) atoms. The van der Waals surface area contributed by atoms with Crippen LogP contribution in [0.2, 0.25) is 0 Å². The molecule has 1 aromatic carbocycles. The summed E-state index contributed by atoms with van der Waals surface area (Å²) in [4.78, 5) is 14.4. The molecule has 0 fully saturated rings. The van der Waals surface area contributed by atoms with Crippen molar-refractivity contribution in [2.75, 3.05) is 6.61 Å². The minimum atomic E-state index is -0.426. The number of carbonyl (C=O) groups excluding carboxylic acids is 1. The normalized spacial score (nSPS) is 12.7. The summed E-state index contributed by atoms with van der Waals surface area (Å²) >= 11 is 6.43. The van der Waals surface area contributed by atoms with Crippen LogP contribution in [-0.2, 0) is 9.53 Å². The van der Waals surface area contributed by atoms with Gasteiger partial charge in [-0.1, -0.05) is 12.1 Å². The number of nitrogens with one attached hydrogen (secondary N) is 1. The van der Waals surface area contributed by atoms with Gasteiger partial charge >= 0.3 is 5.97 Å². The van der Waals surface area contributed by atoms with Crippen LogP contribution in [0, 0.1) is 9.77 Å². The van der Waals surface area contributed by atoms with Crippen LogP contribution in [0.5, 0.6) is 0 Å². The van der Waals surface area contributed by atoms with Gasteiger partial charge in [0.15, 0.2) is 3.95 Å². The summed E-state index contributed by atoms with van der Waals surface area (Å²) in [5.41, 5.74) is 0.829. The highest BCUT2D eigenvalue weighted by atomic mass is 32.1. The van der Waals surface area contributed by atoms with Crippen LogP contribution in [0.4, 0.5) is 4.39 Å². The number of aromatic nitrogens is 1. The third-order valence-corrected chi connectivity index (χ3v) is 3.62. The quantitative estimate of drug-likeness (QED) is 0.697. The van der Waals surface area contributed by atoms with Gasteiger partial charge in [-0.15, -0.1) is 11.3 Å². The molecule has 2 rings (SSSR count). The van der Waals surface area contributed by atoms with Crippen molar-refractivity contribution in [3.8, 4) is 0 Å². The van der Waals surface area contributed by atoms with Gasteiger partial charge < -0.3 is 9.72 Å². The molecule has 0 unspecified atom stereocenters. The molecule has 0 aliphatic carbocycles. The molecule has 1 heterocycles. The fourth-order valence-electron chi connectivity index (χ4n) is 1.58. The third kappa shape index (κ3) is 3.85. The van der Waals surface area contributed by atoms with E-state index < -0.39 is 5.97 Å². The number of H-pyrrole nitrogens is 1. The van der Waals surface area contributed by atoms with Crippen LogP contribution in [-0.4, -0.2) is 17.6 Å². The molecule has 6 heteroatoms. The first-order valence-electron chi connectivity index (χ1n) is 5.93. The van der Waals surface area contributed by atoms with Gasteiger partial charge in [-0.05, 0) is 42.9 Å². The lowest BCUT2D eigenvalue weighted by Gasteiger charge is -1.93. The molecule has 2 aromatic rings. The summed E-state index contributed by atoms with van der Waals surface area (Å²) in [5.74, 6) is -0.715. The van der Waals surface area contributed by atoms with Gasteiger partial charge in [-0.2, -0.15) is 0 Å². The van der Waals surface area contributed by atoms with Crippen molar-refractivity contribution >= 4 is 41.7 Å². The van der Waals surface area contributed by atoms with Gasteiger partial charge in [-0.3, -0.25) is 0 Å². The Bertz CT molecular complexity index is 775. The molecule has 0 spiro atoms. The van der Waals surface area contributed by atoms with Crippen molar-refractivity contribution in [2.24, 2.45) is 0 Å². The Morgan fingerprint density at radius 1 is 1.45 bits per heavy atom. The molecule has 0 aliphatic rings. The van der Waals surface area contributed by atoms with Gasteiger partial charge in [0.1, 0.15) is 5.82 Å². The highest BCUT2D eigenvalue weighted by Gasteiger charge is 1.98. The van der Waals surface area contributed by atoms with Crippen molar-refractivity contribution in [3.63, 3.8) is 0 Å². The molecule has 1 N–H and O–H groups in total. The standard InChI is InChI=1S/C14H12FNO2S2/c1-2-18-13(17)8-11-12(20-14(19)16-11)7-9-3-5-10(15)6-4-9/h3-8H,2H2,1H3,(H,16,19)/b11-8-,12-7-.